The highest BCUT2D eigenvalue weighted by molar-refractivity contribution is 7.88. The Bertz CT molecular complexity index is 1190. The lowest BCUT2D eigenvalue weighted by Gasteiger charge is -2.24. The van der Waals surface area contributed by atoms with Crippen LogP contribution in [0.2, 0.25) is 0 Å². The number of nitrogens with zero attached hydrogens (tertiary/aromatic N) is 2. The zero-order valence-corrected chi connectivity index (χ0v) is 17.1. The number of hydrogen-bond acceptors (Lipinski definition) is 5. The molecule has 0 N–H and O–H groups in total. The van der Waals surface area contributed by atoms with Crippen molar-refractivity contribution in [3.63, 3.8) is 0 Å². The number of aryl methyl sites for hydroxylation is 1. The molecule has 1 aromatic carbocycles. The quantitative estimate of drug-likeness (QED) is 0.404. The van der Waals surface area contributed by atoms with Gasteiger partial charge in [-0.3, -0.25) is 4.79 Å². The molecule has 0 spiro atoms. The molecule has 11 heteroatoms. The van der Waals surface area contributed by atoms with Crippen molar-refractivity contribution < 1.29 is 30.2 Å². The third kappa shape index (κ3) is 3.42. The molecule has 6 nitrogen and oxygen atoms in total. The van der Waals surface area contributed by atoms with Gasteiger partial charge < -0.3 is 13.7 Å². The number of aromatic nitrogens is 1. The zero-order valence-electron chi connectivity index (χ0n) is 16.3. The normalized spacial score (nSPS) is 20.2. The van der Waals surface area contributed by atoms with E-state index in [1.807, 2.05) is 11.8 Å². The number of halogens is 4. The van der Waals surface area contributed by atoms with E-state index in [1.54, 1.807) is 6.92 Å². The van der Waals surface area contributed by atoms with Crippen molar-refractivity contribution >= 4 is 26.7 Å². The number of benzene rings is 1. The van der Waals surface area contributed by atoms with E-state index in [2.05, 4.69) is 4.18 Å². The Kier molecular flexibility index (Phi) is 4.79. The summed E-state index contributed by atoms with van der Waals surface area (Å²) in [5.41, 5.74) is -5.51. The van der Waals surface area contributed by atoms with Gasteiger partial charge in [-0.2, -0.15) is 21.6 Å². The number of hydrogen-bond donors (Lipinski definition) is 0. The van der Waals surface area contributed by atoms with Crippen molar-refractivity contribution in [2.45, 2.75) is 44.7 Å². The molecule has 1 atom stereocenters. The molecule has 1 aromatic heterocycles. The van der Waals surface area contributed by atoms with Crippen LogP contribution in [0.25, 0.3) is 10.9 Å². The first-order chi connectivity index (χ1) is 13.9. The van der Waals surface area contributed by atoms with Crippen molar-refractivity contribution in [1.29, 1.82) is 0 Å². The molecule has 0 amide bonds. The van der Waals surface area contributed by atoms with Gasteiger partial charge in [-0.1, -0.05) is 6.92 Å². The molecule has 1 aliphatic carbocycles. The summed E-state index contributed by atoms with van der Waals surface area (Å²) in [6.07, 6.45) is 2.26. The lowest BCUT2D eigenvalue weighted by atomic mass is 10.1. The van der Waals surface area contributed by atoms with Gasteiger partial charge in [0.1, 0.15) is 5.82 Å². The fourth-order valence-corrected chi connectivity index (χ4v) is 4.55. The van der Waals surface area contributed by atoms with Crippen molar-refractivity contribution in [1.82, 2.24) is 4.57 Å². The summed E-state index contributed by atoms with van der Waals surface area (Å²) in [5, 5.41) is -0.180. The molecule has 4 rings (SSSR count). The van der Waals surface area contributed by atoms with E-state index >= 15 is 4.39 Å². The highest BCUT2D eigenvalue weighted by Crippen LogP contribution is 2.42. The summed E-state index contributed by atoms with van der Waals surface area (Å²) in [6, 6.07) is 1.48. The van der Waals surface area contributed by atoms with Crippen molar-refractivity contribution in [3.05, 3.63) is 33.9 Å². The van der Waals surface area contributed by atoms with Crippen LogP contribution in [-0.2, 0) is 10.1 Å². The molecular weight excluding hydrogens is 428 g/mol. The van der Waals surface area contributed by atoms with Crippen LogP contribution >= 0.6 is 0 Å². The minimum absolute atomic E-state index is 0.164. The Labute approximate surface area is 170 Å². The molecule has 1 aliphatic heterocycles. The van der Waals surface area contributed by atoms with Gasteiger partial charge in [0.15, 0.2) is 5.75 Å². The third-order valence-electron chi connectivity index (χ3n) is 5.60. The molecule has 2 aromatic rings. The second kappa shape index (κ2) is 6.86. The summed E-state index contributed by atoms with van der Waals surface area (Å²) in [4.78, 5) is 14.5. The van der Waals surface area contributed by atoms with Crippen LogP contribution in [0.5, 0.6) is 5.75 Å². The van der Waals surface area contributed by atoms with Crippen LogP contribution < -0.4 is 14.6 Å². The van der Waals surface area contributed by atoms with E-state index in [1.165, 1.54) is 4.57 Å². The van der Waals surface area contributed by atoms with E-state index in [-0.39, 0.29) is 22.6 Å². The molecule has 0 radical (unpaired) electrons. The van der Waals surface area contributed by atoms with E-state index < -0.39 is 32.8 Å². The van der Waals surface area contributed by atoms with Gasteiger partial charge in [0.25, 0.3) is 5.56 Å². The predicted octanol–water partition coefficient (Wildman–Crippen LogP) is 3.86. The van der Waals surface area contributed by atoms with Crippen LogP contribution in [0, 0.1) is 18.7 Å². The van der Waals surface area contributed by atoms with Crippen LogP contribution in [-0.4, -0.2) is 31.6 Å². The molecular formula is C19H20F4N2O4S. The fraction of sp³-hybridized carbons (Fsp3) is 0.526. The van der Waals surface area contributed by atoms with E-state index in [4.69, 9.17) is 0 Å². The van der Waals surface area contributed by atoms with Gasteiger partial charge >= 0.3 is 15.6 Å². The first-order valence-corrected chi connectivity index (χ1v) is 11.0. The first-order valence-electron chi connectivity index (χ1n) is 9.54. The molecule has 0 unspecified atom stereocenters. The zero-order chi connectivity index (χ0) is 22.0. The molecule has 2 heterocycles. The third-order valence-corrected chi connectivity index (χ3v) is 6.56. The minimum atomic E-state index is -6.02. The lowest BCUT2D eigenvalue weighted by Crippen LogP contribution is -2.29. The summed E-state index contributed by atoms with van der Waals surface area (Å²) >= 11 is 0. The number of anilines is 1. The lowest BCUT2D eigenvalue weighted by molar-refractivity contribution is -0.0499. The summed E-state index contributed by atoms with van der Waals surface area (Å²) in [5.74, 6) is -1.19. The molecule has 2 aliphatic rings. The monoisotopic (exact) mass is 448 g/mol. The van der Waals surface area contributed by atoms with Crippen molar-refractivity contribution in [3.8, 4) is 5.75 Å². The van der Waals surface area contributed by atoms with Gasteiger partial charge in [-0.15, -0.1) is 0 Å². The Hall–Kier alpha value is -2.30. The van der Waals surface area contributed by atoms with Gasteiger partial charge in [0.2, 0.25) is 0 Å². The highest BCUT2D eigenvalue weighted by atomic mass is 32.2. The SMILES string of the molecule is Cc1c(N2CC[C@H](C)C2)c(F)cc2c(OS(=O)(=O)C(F)(F)F)cc(=O)n(C3CC3)c12. The summed E-state index contributed by atoms with van der Waals surface area (Å²) < 4.78 is 82.3. The Morgan fingerprint density at radius 1 is 1.17 bits per heavy atom. The topological polar surface area (TPSA) is 68.6 Å². The number of rotatable bonds is 4. The van der Waals surface area contributed by atoms with Gasteiger partial charge in [-0.25, -0.2) is 4.39 Å². The van der Waals surface area contributed by atoms with Crippen molar-refractivity contribution in [2.24, 2.45) is 5.92 Å². The maximum atomic E-state index is 15.1. The summed E-state index contributed by atoms with van der Waals surface area (Å²) in [7, 11) is -6.02. The molecule has 2 fully saturated rings. The largest absolute Gasteiger partial charge is 0.534 e. The van der Waals surface area contributed by atoms with Crippen molar-refractivity contribution in [2.75, 3.05) is 18.0 Å². The van der Waals surface area contributed by atoms with Gasteiger partial charge in [0, 0.05) is 30.6 Å². The van der Waals surface area contributed by atoms with Crippen LogP contribution in [0.15, 0.2) is 16.9 Å². The Morgan fingerprint density at radius 2 is 1.83 bits per heavy atom. The number of alkyl halides is 3. The number of pyridine rings is 1. The predicted molar refractivity (Wildman–Crippen MR) is 103 cm³/mol. The second-order valence-corrected chi connectivity index (χ2v) is 9.54. The number of fused-ring (bicyclic) bond motifs is 1. The molecule has 30 heavy (non-hydrogen) atoms. The first kappa shape index (κ1) is 21.0. The standard InChI is InChI=1S/C19H20F4N2O4S/c1-10-5-6-24(9-10)18-11(2)17-13(7-14(18)20)15(29-30(27,28)19(21,22)23)8-16(26)25(17)12-3-4-12/h7-8,10,12H,3-6,9H2,1-2H3/t10-/m0/s1. The van der Waals surface area contributed by atoms with E-state index in [0.717, 1.165) is 12.5 Å². The van der Waals surface area contributed by atoms with E-state index in [0.29, 0.717) is 43.5 Å². The van der Waals surface area contributed by atoms with Crippen LogP contribution in [0.3, 0.4) is 0 Å². The van der Waals surface area contributed by atoms with Gasteiger partial charge in [0.05, 0.1) is 11.2 Å². The Morgan fingerprint density at radius 3 is 2.37 bits per heavy atom. The van der Waals surface area contributed by atoms with E-state index in [9.17, 15) is 26.4 Å². The maximum absolute atomic E-state index is 15.1. The molecule has 0 bridgehead atoms. The summed E-state index contributed by atoms with van der Waals surface area (Å²) in [6.45, 7) is 4.83. The smallest absolute Gasteiger partial charge is 0.375 e. The second-order valence-electron chi connectivity index (χ2n) is 8.00. The highest BCUT2D eigenvalue weighted by Gasteiger charge is 2.49. The average Bonchev–Trinajstić information content (AvgIpc) is 3.36. The van der Waals surface area contributed by atoms with Crippen LogP contribution in [0.4, 0.5) is 23.2 Å². The minimum Gasteiger partial charge on any atom is -0.375 e. The van der Waals surface area contributed by atoms with Crippen LogP contribution in [0.1, 0.15) is 37.8 Å². The maximum Gasteiger partial charge on any atom is 0.534 e. The van der Waals surface area contributed by atoms with Gasteiger partial charge in [-0.05, 0) is 43.7 Å². The Balaban J connectivity index is 1.98. The molecule has 164 valence electrons. The molecule has 1 saturated carbocycles. The fourth-order valence-electron chi connectivity index (χ4n) is 4.08. The average molecular weight is 448 g/mol. The molecule has 1 saturated heterocycles.